The maximum absolute atomic E-state index is 13.5. The molecule has 5 heteroatoms. The van der Waals surface area contributed by atoms with Gasteiger partial charge >= 0.3 is 0 Å². The standard InChI is InChI=1S/C13H10ClFN2S/c14-9-7-8(13(16)18)5-6-11(9)17-12-4-2-1-3-10(12)15/h1-7,17H,(H2,16,18). The minimum Gasteiger partial charge on any atom is -0.389 e. The summed E-state index contributed by atoms with van der Waals surface area (Å²) >= 11 is 10.9. The van der Waals surface area contributed by atoms with Gasteiger partial charge in [0.25, 0.3) is 0 Å². The lowest BCUT2D eigenvalue weighted by Crippen LogP contribution is -2.09. The van der Waals surface area contributed by atoms with Gasteiger partial charge in [-0.25, -0.2) is 4.39 Å². The fourth-order valence-corrected chi connectivity index (χ4v) is 1.83. The highest BCUT2D eigenvalue weighted by atomic mass is 35.5. The number of thiocarbonyl (C=S) groups is 1. The molecule has 0 fully saturated rings. The number of benzene rings is 2. The fraction of sp³-hybridized carbons (Fsp3) is 0. The van der Waals surface area contributed by atoms with E-state index in [-0.39, 0.29) is 10.8 Å². The van der Waals surface area contributed by atoms with Crippen LogP contribution in [0.5, 0.6) is 0 Å². The summed E-state index contributed by atoms with van der Waals surface area (Å²) < 4.78 is 13.5. The zero-order valence-electron chi connectivity index (χ0n) is 9.28. The fourth-order valence-electron chi connectivity index (χ4n) is 1.48. The Labute approximate surface area is 115 Å². The monoisotopic (exact) mass is 280 g/mol. The lowest BCUT2D eigenvalue weighted by Gasteiger charge is -2.10. The molecule has 0 aliphatic carbocycles. The highest BCUT2D eigenvalue weighted by molar-refractivity contribution is 7.80. The van der Waals surface area contributed by atoms with Crippen LogP contribution >= 0.6 is 23.8 Å². The predicted octanol–water partition coefficient (Wildman–Crippen LogP) is 3.86. The van der Waals surface area contributed by atoms with Crippen LogP contribution in [0, 0.1) is 5.82 Å². The van der Waals surface area contributed by atoms with E-state index >= 15 is 0 Å². The molecule has 0 unspecified atom stereocenters. The molecule has 2 rings (SSSR count). The molecule has 92 valence electrons. The number of para-hydroxylation sites is 1. The second kappa shape index (κ2) is 5.33. The Bertz CT molecular complexity index is 601. The van der Waals surface area contributed by atoms with Crippen LogP contribution in [0.25, 0.3) is 0 Å². The van der Waals surface area contributed by atoms with E-state index in [1.807, 2.05) is 0 Å². The summed E-state index contributed by atoms with van der Waals surface area (Å²) in [5.41, 5.74) is 7.14. The average Bonchev–Trinajstić information content (AvgIpc) is 2.34. The molecule has 0 radical (unpaired) electrons. The van der Waals surface area contributed by atoms with E-state index in [1.165, 1.54) is 6.07 Å². The molecule has 0 aliphatic rings. The van der Waals surface area contributed by atoms with Gasteiger partial charge in [0.05, 0.1) is 16.4 Å². The van der Waals surface area contributed by atoms with Gasteiger partial charge < -0.3 is 11.1 Å². The summed E-state index contributed by atoms with van der Waals surface area (Å²) in [6.07, 6.45) is 0. The van der Waals surface area contributed by atoms with E-state index in [0.717, 1.165) is 0 Å². The molecule has 0 bridgehead atoms. The highest BCUT2D eigenvalue weighted by Gasteiger charge is 2.06. The van der Waals surface area contributed by atoms with Gasteiger partial charge in [-0.15, -0.1) is 0 Å². The average molecular weight is 281 g/mol. The van der Waals surface area contributed by atoms with E-state index in [0.29, 0.717) is 22.0 Å². The van der Waals surface area contributed by atoms with Crippen molar-refractivity contribution >= 4 is 40.2 Å². The highest BCUT2D eigenvalue weighted by Crippen LogP contribution is 2.27. The van der Waals surface area contributed by atoms with Crippen molar-refractivity contribution in [3.05, 3.63) is 58.9 Å². The van der Waals surface area contributed by atoms with Crippen LogP contribution in [0.2, 0.25) is 5.02 Å². The third kappa shape index (κ3) is 2.78. The first-order chi connectivity index (χ1) is 8.58. The van der Waals surface area contributed by atoms with Crippen LogP contribution in [-0.4, -0.2) is 4.99 Å². The molecule has 3 N–H and O–H groups in total. The number of halogens is 2. The second-order valence-electron chi connectivity index (χ2n) is 3.66. The predicted molar refractivity (Wildman–Crippen MR) is 77.0 cm³/mol. The van der Waals surface area contributed by atoms with E-state index in [1.54, 1.807) is 36.4 Å². The molecule has 0 aromatic heterocycles. The molecular formula is C13H10ClFN2S. The first kappa shape index (κ1) is 12.8. The van der Waals surface area contributed by atoms with E-state index in [9.17, 15) is 4.39 Å². The van der Waals surface area contributed by atoms with Crippen LogP contribution in [0.4, 0.5) is 15.8 Å². The van der Waals surface area contributed by atoms with Crippen molar-refractivity contribution in [3.63, 3.8) is 0 Å². The minimum absolute atomic E-state index is 0.273. The summed E-state index contributed by atoms with van der Waals surface area (Å²) in [4.78, 5) is 0.273. The van der Waals surface area contributed by atoms with Crippen LogP contribution in [0.3, 0.4) is 0 Å². The molecule has 0 saturated heterocycles. The molecule has 0 heterocycles. The molecule has 0 spiro atoms. The minimum atomic E-state index is -0.341. The van der Waals surface area contributed by atoms with Gasteiger partial charge in [-0.05, 0) is 30.3 Å². The maximum atomic E-state index is 13.5. The van der Waals surface area contributed by atoms with Gasteiger partial charge in [0.2, 0.25) is 0 Å². The maximum Gasteiger partial charge on any atom is 0.146 e. The lowest BCUT2D eigenvalue weighted by molar-refractivity contribution is 0.632. The Morgan fingerprint density at radius 2 is 1.89 bits per heavy atom. The summed E-state index contributed by atoms with van der Waals surface area (Å²) in [6, 6.07) is 11.5. The van der Waals surface area contributed by atoms with Crippen molar-refractivity contribution in [1.82, 2.24) is 0 Å². The Hall–Kier alpha value is -1.65. The molecule has 2 nitrogen and oxygen atoms in total. The Balaban J connectivity index is 2.30. The third-order valence-corrected chi connectivity index (χ3v) is 2.95. The van der Waals surface area contributed by atoms with Gasteiger partial charge in [-0.2, -0.15) is 0 Å². The summed E-state index contributed by atoms with van der Waals surface area (Å²) in [5.74, 6) is -0.341. The first-order valence-electron chi connectivity index (χ1n) is 5.19. The van der Waals surface area contributed by atoms with Crippen molar-refractivity contribution in [2.75, 3.05) is 5.32 Å². The third-order valence-electron chi connectivity index (χ3n) is 2.40. The number of hydrogen-bond donors (Lipinski definition) is 2. The van der Waals surface area contributed by atoms with Crippen molar-refractivity contribution in [2.45, 2.75) is 0 Å². The van der Waals surface area contributed by atoms with Gasteiger partial charge in [-0.3, -0.25) is 0 Å². The zero-order valence-corrected chi connectivity index (χ0v) is 10.9. The molecule has 0 saturated carbocycles. The van der Waals surface area contributed by atoms with E-state index < -0.39 is 0 Å². The zero-order chi connectivity index (χ0) is 13.1. The van der Waals surface area contributed by atoms with E-state index in [4.69, 9.17) is 29.6 Å². The summed E-state index contributed by atoms with van der Waals surface area (Å²) in [6.45, 7) is 0. The van der Waals surface area contributed by atoms with Crippen molar-refractivity contribution in [1.29, 1.82) is 0 Å². The molecular weight excluding hydrogens is 271 g/mol. The summed E-state index contributed by atoms with van der Waals surface area (Å²) in [5, 5.41) is 3.35. The normalized spacial score (nSPS) is 10.1. The molecule has 2 aromatic rings. The number of hydrogen-bond acceptors (Lipinski definition) is 2. The SMILES string of the molecule is NC(=S)c1ccc(Nc2ccccc2F)c(Cl)c1. The van der Waals surface area contributed by atoms with Crippen LogP contribution in [-0.2, 0) is 0 Å². The van der Waals surface area contributed by atoms with Crippen molar-refractivity contribution in [2.24, 2.45) is 5.73 Å². The smallest absolute Gasteiger partial charge is 0.146 e. The quantitative estimate of drug-likeness (QED) is 0.839. The first-order valence-corrected chi connectivity index (χ1v) is 5.97. The molecule has 2 aromatic carbocycles. The Morgan fingerprint density at radius 1 is 1.17 bits per heavy atom. The lowest BCUT2D eigenvalue weighted by atomic mass is 10.2. The number of nitrogens with one attached hydrogen (secondary N) is 1. The van der Waals surface area contributed by atoms with Crippen molar-refractivity contribution < 1.29 is 4.39 Å². The van der Waals surface area contributed by atoms with Crippen LogP contribution in [0.15, 0.2) is 42.5 Å². The summed E-state index contributed by atoms with van der Waals surface area (Å²) in [7, 11) is 0. The molecule has 0 amide bonds. The number of nitrogens with two attached hydrogens (primary N) is 1. The van der Waals surface area contributed by atoms with Gasteiger partial charge in [-0.1, -0.05) is 36.0 Å². The van der Waals surface area contributed by atoms with E-state index in [2.05, 4.69) is 5.32 Å². The number of rotatable bonds is 3. The molecule has 18 heavy (non-hydrogen) atoms. The molecule has 0 atom stereocenters. The van der Waals surface area contributed by atoms with Crippen LogP contribution < -0.4 is 11.1 Å². The second-order valence-corrected chi connectivity index (χ2v) is 4.51. The molecule has 0 aliphatic heterocycles. The van der Waals surface area contributed by atoms with Gasteiger partial charge in [0, 0.05) is 5.56 Å². The topological polar surface area (TPSA) is 38.0 Å². The van der Waals surface area contributed by atoms with Gasteiger partial charge in [0.1, 0.15) is 10.8 Å². The number of anilines is 2. The van der Waals surface area contributed by atoms with Crippen molar-refractivity contribution in [3.8, 4) is 0 Å². The Kier molecular flexibility index (Phi) is 3.79. The van der Waals surface area contributed by atoms with Crippen LogP contribution in [0.1, 0.15) is 5.56 Å². The largest absolute Gasteiger partial charge is 0.389 e. The Morgan fingerprint density at radius 3 is 2.50 bits per heavy atom. The van der Waals surface area contributed by atoms with Gasteiger partial charge in [0.15, 0.2) is 0 Å².